The summed E-state index contributed by atoms with van der Waals surface area (Å²) in [6.07, 6.45) is 6.60. The van der Waals surface area contributed by atoms with Gasteiger partial charge in [-0.25, -0.2) is 4.98 Å². The van der Waals surface area contributed by atoms with Crippen molar-refractivity contribution in [2.75, 3.05) is 5.32 Å². The van der Waals surface area contributed by atoms with Crippen LogP contribution in [0.1, 0.15) is 11.3 Å². The van der Waals surface area contributed by atoms with Crippen LogP contribution >= 0.6 is 0 Å². The molecule has 152 valence electrons. The van der Waals surface area contributed by atoms with Gasteiger partial charge in [0.25, 0.3) is 0 Å². The van der Waals surface area contributed by atoms with Gasteiger partial charge in [0.05, 0.1) is 11.9 Å². The number of hydrogen-bond donors (Lipinski definition) is 2. The number of pyridine rings is 1. The van der Waals surface area contributed by atoms with Crippen molar-refractivity contribution in [1.82, 2.24) is 9.97 Å². The van der Waals surface area contributed by atoms with Crippen molar-refractivity contribution in [1.29, 1.82) is 10.7 Å². The van der Waals surface area contributed by atoms with Gasteiger partial charge >= 0.3 is 5.82 Å². The van der Waals surface area contributed by atoms with Crippen LogP contribution in [0.2, 0.25) is 0 Å². The summed E-state index contributed by atoms with van der Waals surface area (Å²) in [6, 6.07) is 22.2. The van der Waals surface area contributed by atoms with E-state index in [1.165, 1.54) is 6.08 Å². The molecule has 0 aliphatic rings. The molecular weight excluding hydrogens is 400 g/mol. The maximum absolute atomic E-state index is 12.4. The second-order valence-electron chi connectivity index (χ2n) is 6.73. The fraction of sp³-hybridized carbons (Fsp3) is 0. The number of benzene rings is 2. The fourth-order valence-corrected chi connectivity index (χ4v) is 3.08. The number of aromatic nitrogens is 3. The Morgan fingerprint density at radius 3 is 2.44 bits per heavy atom. The highest BCUT2D eigenvalue weighted by Crippen LogP contribution is 2.18. The molecule has 7 nitrogen and oxygen atoms in total. The van der Waals surface area contributed by atoms with Gasteiger partial charge in [0.15, 0.2) is 5.69 Å². The minimum absolute atomic E-state index is 0.0361. The minimum Gasteiger partial charge on any atom is -0.319 e. The molecule has 0 fully saturated rings. The number of anilines is 1. The highest BCUT2D eigenvalue weighted by atomic mass is 16.1. The number of nitrogens with one attached hydrogen (secondary N) is 2. The van der Waals surface area contributed by atoms with E-state index in [0.717, 1.165) is 5.56 Å². The lowest BCUT2D eigenvalue weighted by Gasteiger charge is -2.05. The third-order valence-corrected chi connectivity index (χ3v) is 4.57. The zero-order chi connectivity index (χ0) is 22.3. The number of nitriles is 1. The Hall–Kier alpha value is -4.92. The fourth-order valence-electron chi connectivity index (χ4n) is 3.08. The summed E-state index contributed by atoms with van der Waals surface area (Å²) < 4.78 is 1.65. The van der Waals surface area contributed by atoms with Crippen LogP contribution in [-0.4, -0.2) is 21.7 Å². The van der Waals surface area contributed by atoms with Crippen molar-refractivity contribution in [3.63, 3.8) is 0 Å². The molecule has 2 aromatic carbocycles. The van der Waals surface area contributed by atoms with Crippen molar-refractivity contribution in [3.8, 4) is 11.9 Å². The van der Waals surface area contributed by atoms with Crippen LogP contribution in [0.5, 0.6) is 0 Å². The SMILES string of the molecule is N#CC(=C=N)c1nc2ccccc2nc1-[n+]1cccc(NC(=O)/C=C/c2ccccc2)c1. The summed E-state index contributed by atoms with van der Waals surface area (Å²) >= 11 is 0. The Labute approximate surface area is 184 Å². The van der Waals surface area contributed by atoms with Crippen molar-refractivity contribution in [3.05, 3.63) is 96.5 Å². The zero-order valence-electron chi connectivity index (χ0n) is 16.9. The van der Waals surface area contributed by atoms with Crippen LogP contribution in [-0.2, 0) is 4.79 Å². The Morgan fingerprint density at radius 1 is 1.00 bits per heavy atom. The van der Waals surface area contributed by atoms with E-state index in [9.17, 15) is 10.1 Å². The largest absolute Gasteiger partial charge is 0.356 e. The Bertz CT molecular complexity index is 1430. The first-order chi connectivity index (χ1) is 15.7. The number of hydrogen-bond acceptors (Lipinski definition) is 5. The molecule has 0 spiro atoms. The number of nitrogens with zero attached hydrogens (tertiary/aromatic N) is 4. The molecular formula is C25H17N6O+. The molecule has 0 aliphatic heterocycles. The molecule has 4 rings (SSSR count). The molecule has 4 aromatic rings. The maximum atomic E-state index is 12.4. The molecule has 32 heavy (non-hydrogen) atoms. The van der Waals surface area contributed by atoms with Crippen LogP contribution in [0.15, 0.2) is 85.2 Å². The molecule has 0 saturated heterocycles. The topological polar surface area (TPSA) is 106 Å². The molecule has 1 amide bonds. The molecule has 0 aliphatic carbocycles. The zero-order valence-corrected chi connectivity index (χ0v) is 16.9. The first-order valence-electron chi connectivity index (χ1n) is 9.70. The van der Waals surface area contributed by atoms with E-state index in [-0.39, 0.29) is 17.2 Å². The van der Waals surface area contributed by atoms with Crippen molar-refractivity contribution >= 4 is 40.1 Å². The van der Waals surface area contributed by atoms with Crippen molar-refractivity contribution in [2.24, 2.45) is 0 Å². The molecule has 0 bridgehead atoms. The highest BCUT2D eigenvalue weighted by molar-refractivity contribution is 6.01. The van der Waals surface area contributed by atoms with Crippen LogP contribution in [0.3, 0.4) is 0 Å². The lowest BCUT2D eigenvalue weighted by atomic mass is 10.2. The van der Waals surface area contributed by atoms with Gasteiger partial charge in [-0.15, -0.1) is 0 Å². The standard InChI is InChI=1S/C25H16N6O/c26-15-19(16-27)24-25(30-22-11-5-4-10-21(22)29-24)31-14-6-9-20(17-31)28-23(32)13-12-18-7-2-1-3-8-18/h1-14,17,26H/p+1/b13-12+. The molecule has 2 aromatic heterocycles. The second-order valence-corrected chi connectivity index (χ2v) is 6.73. The van der Waals surface area contributed by atoms with Crippen LogP contribution in [0.25, 0.3) is 28.5 Å². The number of fused-ring (bicyclic) bond motifs is 1. The predicted octanol–water partition coefficient (Wildman–Crippen LogP) is 3.71. The third kappa shape index (κ3) is 4.46. The number of carbonyl (C=O) groups excluding carboxylic acids is 1. The molecule has 2 N–H and O–H groups in total. The Morgan fingerprint density at radius 2 is 1.72 bits per heavy atom. The molecule has 7 heteroatoms. The van der Waals surface area contributed by atoms with E-state index in [1.807, 2.05) is 54.6 Å². The van der Waals surface area contributed by atoms with E-state index in [1.54, 1.807) is 41.2 Å². The predicted molar refractivity (Wildman–Crippen MR) is 122 cm³/mol. The Balaban J connectivity index is 1.69. The van der Waals surface area contributed by atoms with E-state index in [4.69, 9.17) is 5.41 Å². The van der Waals surface area contributed by atoms with E-state index >= 15 is 0 Å². The van der Waals surface area contributed by atoms with Crippen LogP contribution < -0.4 is 9.88 Å². The van der Waals surface area contributed by atoms with E-state index in [0.29, 0.717) is 22.5 Å². The average Bonchev–Trinajstić information content (AvgIpc) is 2.84. The summed E-state index contributed by atoms with van der Waals surface area (Å²) in [5.74, 6) is 2.21. The number of amides is 1. The van der Waals surface area contributed by atoms with E-state index < -0.39 is 0 Å². The highest BCUT2D eigenvalue weighted by Gasteiger charge is 2.23. The van der Waals surface area contributed by atoms with Gasteiger partial charge in [-0.2, -0.15) is 9.83 Å². The summed E-state index contributed by atoms with van der Waals surface area (Å²) in [5, 5.41) is 19.7. The van der Waals surface area contributed by atoms with Gasteiger partial charge in [0, 0.05) is 6.08 Å². The third-order valence-electron chi connectivity index (χ3n) is 4.57. The monoisotopic (exact) mass is 417 g/mol. The van der Waals surface area contributed by atoms with Crippen molar-refractivity contribution in [2.45, 2.75) is 0 Å². The van der Waals surface area contributed by atoms with Gasteiger partial charge in [-0.3, -0.25) is 10.2 Å². The van der Waals surface area contributed by atoms with Gasteiger partial charge in [-0.05, 0) is 46.8 Å². The number of para-hydroxylation sites is 2. The molecule has 0 atom stereocenters. The average molecular weight is 417 g/mol. The number of allylic oxidation sites excluding steroid dienone is 1. The normalized spacial score (nSPS) is 10.5. The van der Waals surface area contributed by atoms with Gasteiger partial charge < -0.3 is 5.32 Å². The van der Waals surface area contributed by atoms with Crippen molar-refractivity contribution < 1.29 is 9.36 Å². The minimum atomic E-state index is -0.284. The first-order valence-corrected chi connectivity index (χ1v) is 9.70. The van der Waals surface area contributed by atoms with Crippen LogP contribution in [0.4, 0.5) is 5.69 Å². The lowest BCUT2D eigenvalue weighted by molar-refractivity contribution is -0.599. The summed E-state index contributed by atoms with van der Waals surface area (Å²) in [5.41, 5.74) is 2.90. The van der Waals surface area contributed by atoms with Crippen LogP contribution in [0, 0.1) is 16.7 Å². The molecule has 0 saturated carbocycles. The van der Waals surface area contributed by atoms with E-state index in [2.05, 4.69) is 21.2 Å². The number of rotatable bonds is 5. The molecule has 0 radical (unpaired) electrons. The maximum Gasteiger partial charge on any atom is 0.356 e. The summed E-state index contributed by atoms with van der Waals surface area (Å²) in [6.45, 7) is 0. The smallest absolute Gasteiger partial charge is 0.319 e. The number of carbonyl (C=O) groups is 1. The van der Waals surface area contributed by atoms with Gasteiger partial charge in [0.1, 0.15) is 23.4 Å². The molecule has 0 unspecified atom stereocenters. The van der Waals surface area contributed by atoms with Gasteiger partial charge in [0.2, 0.25) is 11.4 Å². The molecule has 2 heterocycles. The first kappa shape index (κ1) is 20.4. The second kappa shape index (κ2) is 9.26. The summed E-state index contributed by atoms with van der Waals surface area (Å²) in [4.78, 5) is 21.5. The van der Waals surface area contributed by atoms with Gasteiger partial charge in [-0.1, -0.05) is 42.5 Å². The quantitative estimate of drug-likeness (QED) is 0.223. The Kier molecular flexibility index (Phi) is 5.89. The lowest BCUT2D eigenvalue weighted by Crippen LogP contribution is -2.33. The summed E-state index contributed by atoms with van der Waals surface area (Å²) in [7, 11) is 0.